The largest absolute Gasteiger partial charge is 0.473 e. The van der Waals surface area contributed by atoms with Gasteiger partial charge in [-0.3, -0.25) is 4.79 Å². The van der Waals surface area contributed by atoms with Crippen LogP contribution in [0.15, 0.2) is 0 Å². The van der Waals surface area contributed by atoms with Crippen LogP contribution in [0.25, 0.3) is 0 Å². The zero-order valence-corrected chi connectivity index (χ0v) is 19.9. The van der Waals surface area contributed by atoms with Gasteiger partial charge >= 0.3 is 35.8 Å². The lowest BCUT2D eigenvalue weighted by molar-refractivity contribution is -0.141. The number of hydrogen-bond acceptors (Lipinski definition) is 7. The first-order chi connectivity index (χ1) is 14.9. The van der Waals surface area contributed by atoms with Crippen molar-refractivity contribution in [2.45, 2.75) is 67.2 Å². The summed E-state index contributed by atoms with van der Waals surface area (Å²) in [5.41, 5.74) is -1.08. The van der Waals surface area contributed by atoms with Crippen molar-refractivity contribution in [1.82, 2.24) is 14.2 Å². The van der Waals surface area contributed by atoms with E-state index >= 15 is 0 Å². The van der Waals surface area contributed by atoms with Crippen LogP contribution in [0.4, 0.5) is 17.6 Å². The third-order valence-electron chi connectivity index (χ3n) is 6.41. The first-order valence-electron chi connectivity index (χ1n) is 10.2. The Morgan fingerprint density at radius 3 is 1.73 bits per heavy atom. The van der Waals surface area contributed by atoms with Gasteiger partial charge < -0.3 is 5.32 Å². The summed E-state index contributed by atoms with van der Waals surface area (Å²) in [5.74, 6) is -1.82. The zero-order valence-electron chi connectivity index (χ0n) is 17.5. The van der Waals surface area contributed by atoms with Gasteiger partial charge in [-0.15, -0.1) is 0 Å². The van der Waals surface area contributed by atoms with E-state index in [2.05, 4.69) is 0 Å². The molecule has 0 unspecified atom stereocenters. The lowest BCUT2D eigenvalue weighted by Gasteiger charge is -2.57. The van der Waals surface area contributed by atoms with Crippen molar-refractivity contribution >= 4 is 36.0 Å². The molecule has 4 aliphatic carbocycles. The summed E-state index contributed by atoms with van der Waals surface area (Å²) in [7, 11) is -19.4. The Morgan fingerprint density at radius 1 is 0.848 bits per heavy atom. The van der Waals surface area contributed by atoms with Gasteiger partial charge in [0.25, 0.3) is 10.0 Å². The van der Waals surface area contributed by atoms with Gasteiger partial charge in [0.05, 0.1) is 0 Å². The van der Waals surface area contributed by atoms with Crippen LogP contribution < -0.4 is 14.2 Å². The van der Waals surface area contributed by atoms with E-state index in [1.807, 2.05) is 5.32 Å². The van der Waals surface area contributed by atoms with E-state index < -0.39 is 57.9 Å². The molecule has 3 N–H and O–H groups in total. The molecule has 4 saturated carbocycles. The van der Waals surface area contributed by atoms with Crippen LogP contribution in [-0.2, 0) is 34.9 Å². The van der Waals surface area contributed by atoms with Gasteiger partial charge in [0.15, 0.2) is 0 Å². The molecule has 0 aromatic carbocycles. The van der Waals surface area contributed by atoms with Gasteiger partial charge in [0.1, 0.15) is 0 Å². The first-order valence-corrected chi connectivity index (χ1v) is 14.7. The van der Waals surface area contributed by atoms with Crippen LogP contribution in [0.3, 0.4) is 0 Å². The van der Waals surface area contributed by atoms with Crippen LogP contribution >= 0.6 is 0 Å². The zero-order chi connectivity index (χ0) is 25.1. The standard InChI is InChI=1S/C16H25F4N3O7S3/c1-2-3-21-32(27,28)16(19,20)33(29,30)23-31(25,26)15(17,18)13(24)22-14-7-10-4-11(8-14)6-12(5-10)9-14/h10-12,21,23H,2-9H2,1H3,(H,22,24). The monoisotopic (exact) mass is 543 g/mol. The molecule has 0 saturated heterocycles. The van der Waals surface area contributed by atoms with E-state index in [0.717, 1.165) is 19.3 Å². The second-order valence-corrected chi connectivity index (χ2v) is 14.9. The van der Waals surface area contributed by atoms with E-state index in [-0.39, 0.29) is 28.3 Å². The first kappa shape index (κ1) is 26.6. The fraction of sp³-hybridized carbons (Fsp3) is 0.938. The number of alkyl halides is 4. The smallest absolute Gasteiger partial charge is 0.344 e. The van der Waals surface area contributed by atoms with Crippen LogP contribution in [0.2, 0.25) is 0 Å². The molecule has 1 amide bonds. The molecule has 0 aromatic heterocycles. The van der Waals surface area contributed by atoms with E-state index in [4.69, 9.17) is 0 Å². The SMILES string of the molecule is CCCNS(=O)(=O)C(F)(F)S(=O)(=O)NS(=O)(=O)C(F)(F)C(=O)NC12CC3CC(CC(C3)C1)C2. The van der Waals surface area contributed by atoms with Gasteiger partial charge in [-0.1, -0.05) is 11.1 Å². The minimum atomic E-state index is -6.76. The summed E-state index contributed by atoms with van der Waals surface area (Å²) < 4.78 is 124. The molecule has 0 aliphatic heterocycles. The number of halogens is 4. The van der Waals surface area contributed by atoms with Gasteiger partial charge in [-0.05, 0) is 62.7 Å². The highest BCUT2D eigenvalue weighted by Gasteiger charge is 2.64. The minimum absolute atomic E-state index is 0.0242. The lowest BCUT2D eigenvalue weighted by Crippen LogP contribution is -2.64. The summed E-state index contributed by atoms with van der Waals surface area (Å²) >= 11 is 0. The van der Waals surface area contributed by atoms with E-state index in [1.165, 1.54) is 11.6 Å². The van der Waals surface area contributed by atoms with Gasteiger partial charge in [0.2, 0.25) is 0 Å². The molecule has 0 radical (unpaired) electrons. The number of hydrogen-bond donors (Lipinski definition) is 3. The highest BCUT2D eigenvalue weighted by atomic mass is 32.3. The van der Waals surface area contributed by atoms with E-state index in [0.29, 0.717) is 19.3 Å². The van der Waals surface area contributed by atoms with Gasteiger partial charge in [-0.25, -0.2) is 30.0 Å². The Bertz CT molecular complexity index is 1090. The molecular formula is C16H25F4N3O7S3. The minimum Gasteiger partial charge on any atom is -0.344 e. The Kier molecular flexibility index (Phi) is 6.66. The average Bonchev–Trinajstić information content (AvgIpc) is 2.63. The predicted molar refractivity (Wildman–Crippen MR) is 107 cm³/mol. The van der Waals surface area contributed by atoms with E-state index in [9.17, 15) is 47.6 Å². The molecular weight excluding hydrogens is 518 g/mol. The van der Waals surface area contributed by atoms with Crippen LogP contribution in [0.5, 0.6) is 0 Å². The molecule has 0 heterocycles. The Morgan fingerprint density at radius 2 is 1.30 bits per heavy atom. The summed E-state index contributed by atoms with van der Waals surface area (Å²) in [6.45, 7) is 0.741. The van der Waals surface area contributed by atoms with Crippen molar-refractivity contribution in [3.05, 3.63) is 0 Å². The molecule has 10 nitrogen and oxygen atoms in total. The van der Waals surface area contributed by atoms with Gasteiger partial charge in [-0.2, -0.15) is 17.6 Å². The summed E-state index contributed by atoms with van der Waals surface area (Å²) in [6, 6.07) is 0. The molecule has 0 spiro atoms. The van der Waals surface area contributed by atoms with Crippen LogP contribution in [-0.4, -0.2) is 53.1 Å². The molecule has 4 rings (SSSR count). The van der Waals surface area contributed by atoms with Gasteiger partial charge in [0, 0.05) is 12.1 Å². The Balaban J connectivity index is 1.80. The van der Waals surface area contributed by atoms with Crippen LogP contribution in [0, 0.1) is 17.8 Å². The fourth-order valence-corrected chi connectivity index (χ4v) is 9.95. The molecule has 4 fully saturated rings. The summed E-state index contributed by atoms with van der Waals surface area (Å²) in [4.78, 5) is 12.3. The third-order valence-corrected chi connectivity index (χ3v) is 12.2. The second-order valence-electron chi connectivity index (χ2n) is 9.12. The number of rotatable bonds is 10. The quantitative estimate of drug-likeness (QED) is 0.344. The third kappa shape index (κ3) is 4.62. The summed E-state index contributed by atoms with van der Waals surface area (Å²) in [5, 5.41) is -3.44. The normalized spacial score (nSPS) is 30.4. The molecule has 4 bridgehead atoms. The second kappa shape index (κ2) is 8.27. The molecule has 0 atom stereocenters. The number of carbonyl (C=O) groups is 1. The highest BCUT2D eigenvalue weighted by Crippen LogP contribution is 2.55. The topological polar surface area (TPSA) is 156 Å². The Hall–Kier alpha value is -1.04. The lowest BCUT2D eigenvalue weighted by atomic mass is 9.53. The summed E-state index contributed by atoms with van der Waals surface area (Å²) in [6.07, 6.45) is 3.66. The number of carbonyl (C=O) groups excluding carboxylic acids is 1. The molecule has 0 aromatic rings. The van der Waals surface area contributed by atoms with Crippen molar-refractivity contribution in [1.29, 1.82) is 0 Å². The van der Waals surface area contributed by atoms with Crippen molar-refractivity contribution in [2.75, 3.05) is 6.54 Å². The molecule has 4 aliphatic rings. The van der Waals surface area contributed by atoms with Crippen molar-refractivity contribution in [2.24, 2.45) is 17.8 Å². The number of nitrogens with one attached hydrogen (secondary N) is 3. The fourth-order valence-electron chi connectivity index (χ4n) is 5.41. The number of sulfonamides is 3. The highest BCUT2D eigenvalue weighted by molar-refractivity contribution is 8.13. The predicted octanol–water partition coefficient (Wildman–Crippen LogP) is 0.793. The molecule has 192 valence electrons. The maximum absolute atomic E-state index is 14.6. The molecule has 17 heteroatoms. The maximum atomic E-state index is 14.6. The average molecular weight is 544 g/mol. The van der Waals surface area contributed by atoms with E-state index in [1.54, 1.807) is 0 Å². The maximum Gasteiger partial charge on any atom is 0.473 e. The van der Waals surface area contributed by atoms with Crippen molar-refractivity contribution in [3.63, 3.8) is 0 Å². The molecule has 33 heavy (non-hydrogen) atoms. The van der Waals surface area contributed by atoms with Crippen LogP contribution in [0.1, 0.15) is 51.9 Å². The van der Waals surface area contributed by atoms with Crippen molar-refractivity contribution < 1.29 is 47.6 Å². The van der Waals surface area contributed by atoms with Crippen molar-refractivity contribution in [3.8, 4) is 0 Å². The Labute approximate surface area is 189 Å². The number of amides is 1.